The van der Waals surface area contributed by atoms with Gasteiger partial charge in [0.1, 0.15) is 6.54 Å². The second-order valence-electron chi connectivity index (χ2n) is 4.44. The summed E-state index contributed by atoms with van der Waals surface area (Å²) in [7, 11) is 0. The van der Waals surface area contributed by atoms with Crippen molar-refractivity contribution in [3.05, 3.63) is 0 Å². The summed E-state index contributed by atoms with van der Waals surface area (Å²) in [6.07, 6.45) is 2.06. The molecule has 0 aliphatic heterocycles. The van der Waals surface area contributed by atoms with E-state index in [1.165, 1.54) is 6.42 Å². The number of hydrogen-bond acceptors (Lipinski definition) is 3. The fourth-order valence-corrected chi connectivity index (χ4v) is 3.06. The summed E-state index contributed by atoms with van der Waals surface area (Å²) in [6.45, 7) is -1.30. The Hall–Kier alpha value is -0.430. The van der Waals surface area contributed by atoms with Gasteiger partial charge >= 0.3 is 6.18 Å². The molecule has 3 nitrogen and oxygen atoms in total. The summed E-state index contributed by atoms with van der Waals surface area (Å²) in [5.41, 5.74) is 0. The third-order valence-electron chi connectivity index (χ3n) is 3.02. The number of carbonyl (C=O) groups excluding carboxylic acids is 1. The molecule has 7 heteroatoms. The first kappa shape index (κ1) is 15.6. The molecule has 0 bridgehead atoms. The monoisotopic (exact) mass is 284 g/mol. The molecule has 1 fully saturated rings. The fraction of sp³-hybridized carbons (Fsp3) is 0.909. The molecule has 1 aliphatic carbocycles. The Bertz CT molecular complexity index is 274. The van der Waals surface area contributed by atoms with E-state index in [1.54, 1.807) is 11.8 Å². The van der Waals surface area contributed by atoms with Crippen LogP contribution in [0.3, 0.4) is 0 Å². The minimum Gasteiger partial charge on any atom is -0.346 e. The molecular formula is C11H19F3N2OS. The van der Waals surface area contributed by atoms with E-state index in [1.807, 2.05) is 11.6 Å². The molecule has 0 heterocycles. The van der Waals surface area contributed by atoms with Crippen LogP contribution in [0.5, 0.6) is 0 Å². The Morgan fingerprint density at radius 2 is 2.00 bits per heavy atom. The van der Waals surface area contributed by atoms with Crippen LogP contribution in [0, 0.1) is 0 Å². The van der Waals surface area contributed by atoms with Crippen molar-refractivity contribution in [3.63, 3.8) is 0 Å². The molecule has 0 aromatic carbocycles. The van der Waals surface area contributed by atoms with E-state index in [4.69, 9.17) is 0 Å². The SMILES string of the molecule is CSC1CCCCC1NCC(=O)NCC(F)(F)F. The van der Waals surface area contributed by atoms with Gasteiger partial charge < -0.3 is 10.6 Å². The molecule has 1 saturated carbocycles. The normalized spacial score (nSPS) is 24.9. The van der Waals surface area contributed by atoms with Crippen LogP contribution in [0.4, 0.5) is 13.2 Å². The third kappa shape index (κ3) is 5.95. The van der Waals surface area contributed by atoms with Gasteiger partial charge in [-0.2, -0.15) is 24.9 Å². The Morgan fingerprint density at radius 1 is 1.33 bits per heavy atom. The van der Waals surface area contributed by atoms with Gasteiger partial charge in [0.25, 0.3) is 0 Å². The lowest BCUT2D eigenvalue weighted by Crippen LogP contribution is -2.46. The van der Waals surface area contributed by atoms with Gasteiger partial charge in [-0.25, -0.2) is 0 Å². The van der Waals surface area contributed by atoms with Gasteiger partial charge in [0, 0.05) is 11.3 Å². The maximum Gasteiger partial charge on any atom is 0.405 e. The smallest absolute Gasteiger partial charge is 0.346 e. The van der Waals surface area contributed by atoms with Gasteiger partial charge in [-0.1, -0.05) is 12.8 Å². The second kappa shape index (κ2) is 7.23. The molecule has 2 unspecified atom stereocenters. The van der Waals surface area contributed by atoms with Crippen molar-refractivity contribution in [1.82, 2.24) is 10.6 Å². The van der Waals surface area contributed by atoms with Gasteiger partial charge in [0.05, 0.1) is 6.54 Å². The van der Waals surface area contributed by atoms with Crippen molar-refractivity contribution in [2.24, 2.45) is 0 Å². The quantitative estimate of drug-likeness (QED) is 0.810. The van der Waals surface area contributed by atoms with Crippen LogP contribution in [0.15, 0.2) is 0 Å². The number of amides is 1. The third-order valence-corrected chi connectivity index (χ3v) is 4.19. The lowest BCUT2D eigenvalue weighted by molar-refractivity contribution is -0.137. The number of hydrogen-bond donors (Lipinski definition) is 2. The van der Waals surface area contributed by atoms with Crippen molar-refractivity contribution in [1.29, 1.82) is 0 Å². The zero-order valence-electron chi connectivity index (χ0n) is 10.3. The second-order valence-corrected chi connectivity index (χ2v) is 5.51. The van der Waals surface area contributed by atoms with E-state index in [0.717, 1.165) is 19.3 Å². The van der Waals surface area contributed by atoms with Crippen molar-refractivity contribution in [2.75, 3.05) is 19.3 Å². The van der Waals surface area contributed by atoms with E-state index in [9.17, 15) is 18.0 Å². The average Bonchev–Trinajstić information content (AvgIpc) is 2.33. The van der Waals surface area contributed by atoms with Gasteiger partial charge in [-0.05, 0) is 19.1 Å². The predicted molar refractivity (Wildman–Crippen MR) is 66.6 cm³/mol. The lowest BCUT2D eigenvalue weighted by atomic mass is 9.95. The van der Waals surface area contributed by atoms with Crippen LogP contribution in [0.2, 0.25) is 0 Å². The number of halogens is 3. The van der Waals surface area contributed by atoms with E-state index in [-0.39, 0.29) is 12.6 Å². The number of rotatable bonds is 5. The van der Waals surface area contributed by atoms with Crippen LogP contribution < -0.4 is 10.6 Å². The molecule has 2 N–H and O–H groups in total. The van der Waals surface area contributed by atoms with Crippen LogP contribution in [0.1, 0.15) is 25.7 Å². The standard InChI is InChI=1S/C11H19F3N2OS/c1-18-9-5-3-2-4-8(9)15-6-10(17)16-7-11(12,13)14/h8-9,15H,2-7H2,1H3,(H,16,17). The minimum absolute atomic E-state index is 0.0438. The molecule has 0 aromatic heterocycles. The fourth-order valence-electron chi connectivity index (χ4n) is 2.10. The van der Waals surface area contributed by atoms with E-state index in [2.05, 4.69) is 5.32 Å². The molecule has 1 aliphatic rings. The lowest BCUT2D eigenvalue weighted by Gasteiger charge is -2.30. The average molecular weight is 284 g/mol. The number of nitrogens with one attached hydrogen (secondary N) is 2. The number of carbonyl (C=O) groups is 1. The highest BCUT2D eigenvalue weighted by Gasteiger charge is 2.28. The highest BCUT2D eigenvalue weighted by atomic mass is 32.2. The number of thioether (sulfide) groups is 1. The van der Waals surface area contributed by atoms with Gasteiger partial charge in [-0.3, -0.25) is 4.79 Å². The molecule has 0 spiro atoms. The highest BCUT2D eigenvalue weighted by molar-refractivity contribution is 7.99. The Balaban J connectivity index is 2.24. The molecule has 0 aromatic rings. The zero-order chi connectivity index (χ0) is 13.6. The topological polar surface area (TPSA) is 41.1 Å². The number of alkyl halides is 3. The summed E-state index contributed by atoms with van der Waals surface area (Å²) >= 11 is 1.75. The zero-order valence-corrected chi connectivity index (χ0v) is 11.2. The minimum atomic E-state index is -4.34. The van der Waals surface area contributed by atoms with E-state index in [0.29, 0.717) is 5.25 Å². The first-order valence-electron chi connectivity index (χ1n) is 6.02. The Morgan fingerprint density at radius 3 is 2.61 bits per heavy atom. The summed E-state index contributed by atoms with van der Waals surface area (Å²) in [6, 6.07) is 0.227. The summed E-state index contributed by atoms with van der Waals surface area (Å²) < 4.78 is 35.7. The Kier molecular flexibility index (Phi) is 6.28. The first-order valence-corrected chi connectivity index (χ1v) is 7.31. The first-order chi connectivity index (χ1) is 8.42. The summed E-state index contributed by atoms with van der Waals surface area (Å²) in [4.78, 5) is 11.2. The molecule has 106 valence electrons. The summed E-state index contributed by atoms with van der Waals surface area (Å²) in [5, 5.41) is 5.37. The van der Waals surface area contributed by atoms with E-state index < -0.39 is 18.6 Å². The van der Waals surface area contributed by atoms with Gasteiger partial charge in [0.2, 0.25) is 5.91 Å². The largest absolute Gasteiger partial charge is 0.405 e. The van der Waals surface area contributed by atoms with Crippen molar-refractivity contribution < 1.29 is 18.0 Å². The maximum atomic E-state index is 11.9. The van der Waals surface area contributed by atoms with Crippen LogP contribution in [-0.2, 0) is 4.79 Å². The molecule has 2 atom stereocenters. The molecule has 1 amide bonds. The Labute approximate surface area is 109 Å². The van der Waals surface area contributed by atoms with Crippen LogP contribution >= 0.6 is 11.8 Å². The maximum absolute atomic E-state index is 11.9. The molecule has 1 rings (SSSR count). The highest BCUT2D eigenvalue weighted by Crippen LogP contribution is 2.26. The van der Waals surface area contributed by atoms with Gasteiger partial charge in [-0.15, -0.1) is 0 Å². The van der Waals surface area contributed by atoms with Gasteiger partial charge in [0.15, 0.2) is 0 Å². The van der Waals surface area contributed by atoms with E-state index >= 15 is 0 Å². The van der Waals surface area contributed by atoms with Crippen molar-refractivity contribution in [3.8, 4) is 0 Å². The van der Waals surface area contributed by atoms with Crippen molar-refractivity contribution in [2.45, 2.75) is 43.2 Å². The predicted octanol–water partition coefficient (Wildman–Crippen LogP) is 1.93. The molecule has 18 heavy (non-hydrogen) atoms. The molecule has 0 saturated heterocycles. The van der Waals surface area contributed by atoms with Crippen LogP contribution in [-0.4, -0.2) is 42.7 Å². The van der Waals surface area contributed by atoms with Crippen LogP contribution in [0.25, 0.3) is 0 Å². The molecule has 0 radical (unpaired) electrons. The molecular weight excluding hydrogens is 265 g/mol. The summed E-state index contributed by atoms with van der Waals surface area (Å²) in [5.74, 6) is -0.599. The van der Waals surface area contributed by atoms with Crippen molar-refractivity contribution >= 4 is 17.7 Å².